The highest BCUT2D eigenvalue weighted by molar-refractivity contribution is 6.99. The highest BCUT2D eigenvalue weighted by atomic mass is 28.4. The number of hydrogen-bond donors (Lipinski definition) is 0. The van der Waals surface area contributed by atoms with Crippen LogP contribution in [0.1, 0.15) is 27.7 Å². The molecule has 0 aromatic heterocycles. The van der Waals surface area contributed by atoms with Gasteiger partial charge in [0.25, 0.3) is 8.32 Å². The normalized spacial score (nSPS) is 26.7. The molecule has 30 heavy (non-hydrogen) atoms. The van der Waals surface area contributed by atoms with Crippen LogP contribution in [0.2, 0.25) is 5.04 Å². The average Bonchev–Trinajstić information content (AvgIpc) is 3.31. The number of rotatable bonds is 7. The molecular formula is C25H34O4Si. The SMILES string of the molecule is C[C@@H]1CO[C@H]2[C@@H]1OC[C@@H]2OCCO[Si](c1ccccc1)(c1ccccc1)C(C)(C)C. The first kappa shape index (κ1) is 21.7. The number of fused-ring (bicyclic) bond motifs is 1. The van der Waals surface area contributed by atoms with Crippen molar-refractivity contribution >= 4 is 18.7 Å². The summed E-state index contributed by atoms with van der Waals surface area (Å²) in [7, 11) is -2.51. The van der Waals surface area contributed by atoms with E-state index in [2.05, 4.69) is 88.4 Å². The summed E-state index contributed by atoms with van der Waals surface area (Å²) in [4.78, 5) is 0. The molecule has 0 bridgehead atoms. The van der Waals surface area contributed by atoms with Crippen LogP contribution in [-0.4, -0.2) is 53.1 Å². The van der Waals surface area contributed by atoms with Gasteiger partial charge in [-0.05, 0) is 15.4 Å². The molecule has 0 N–H and O–H groups in total. The maximum absolute atomic E-state index is 6.89. The first-order valence-corrected chi connectivity index (χ1v) is 12.9. The minimum atomic E-state index is -2.51. The molecule has 2 fully saturated rings. The summed E-state index contributed by atoms with van der Waals surface area (Å²) in [6, 6.07) is 21.4. The standard InChI is InChI=1S/C25H34O4Si/c1-19-17-27-24-22(18-28-23(19)24)26-15-16-29-30(25(2,3)4,20-11-7-5-8-12-20)21-13-9-6-10-14-21/h5-14,19,22-24H,15-18H2,1-4H3/t19-,22+,23-,24-/m1/s1. The van der Waals surface area contributed by atoms with Crippen LogP contribution in [0.25, 0.3) is 0 Å². The van der Waals surface area contributed by atoms with Gasteiger partial charge in [0.05, 0.1) is 32.5 Å². The Kier molecular flexibility index (Phi) is 6.46. The molecule has 0 saturated carbocycles. The molecule has 2 aliphatic rings. The van der Waals surface area contributed by atoms with Crippen molar-refractivity contribution in [2.45, 2.75) is 51.0 Å². The van der Waals surface area contributed by atoms with Gasteiger partial charge in [0.15, 0.2) is 0 Å². The van der Waals surface area contributed by atoms with Gasteiger partial charge in [-0.2, -0.15) is 0 Å². The zero-order valence-corrected chi connectivity index (χ0v) is 19.5. The van der Waals surface area contributed by atoms with Crippen molar-refractivity contribution < 1.29 is 18.6 Å². The van der Waals surface area contributed by atoms with Gasteiger partial charge in [0, 0.05) is 5.92 Å². The lowest BCUT2D eigenvalue weighted by molar-refractivity contribution is -0.0402. The molecule has 4 rings (SSSR count). The fraction of sp³-hybridized carbons (Fsp3) is 0.520. The highest BCUT2D eigenvalue weighted by Crippen LogP contribution is 2.37. The van der Waals surface area contributed by atoms with Gasteiger partial charge in [0.2, 0.25) is 0 Å². The second-order valence-corrected chi connectivity index (χ2v) is 13.8. The van der Waals surface area contributed by atoms with Crippen LogP contribution in [-0.2, 0) is 18.6 Å². The Bertz CT molecular complexity index is 765. The predicted molar refractivity (Wildman–Crippen MR) is 122 cm³/mol. The van der Waals surface area contributed by atoms with Crippen LogP contribution < -0.4 is 10.4 Å². The van der Waals surface area contributed by atoms with Gasteiger partial charge < -0.3 is 18.6 Å². The van der Waals surface area contributed by atoms with Crippen molar-refractivity contribution in [2.75, 3.05) is 26.4 Å². The van der Waals surface area contributed by atoms with Crippen molar-refractivity contribution in [3.8, 4) is 0 Å². The maximum atomic E-state index is 6.89. The monoisotopic (exact) mass is 426 g/mol. The highest BCUT2D eigenvalue weighted by Gasteiger charge is 2.50. The predicted octanol–water partition coefficient (Wildman–Crippen LogP) is 3.38. The molecule has 2 aliphatic heterocycles. The van der Waals surface area contributed by atoms with Crippen molar-refractivity contribution in [3.63, 3.8) is 0 Å². The largest absolute Gasteiger partial charge is 0.405 e. The molecule has 2 aromatic rings. The zero-order chi connectivity index (χ0) is 21.2. The van der Waals surface area contributed by atoms with E-state index in [-0.39, 0.29) is 23.4 Å². The molecule has 162 valence electrons. The summed E-state index contributed by atoms with van der Waals surface area (Å²) in [6.45, 7) is 11.5. The van der Waals surface area contributed by atoms with Gasteiger partial charge in [-0.1, -0.05) is 88.4 Å². The fourth-order valence-electron chi connectivity index (χ4n) is 4.95. The average molecular weight is 427 g/mol. The smallest absolute Gasteiger partial charge is 0.261 e. The Morgan fingerprint density at radius 2 is 1.40 bits per heavy atom. The van der Waals surface area contributed by atoms with E-state index >= 15 is 0 Å². The molecule has 4 nitrogen and oxygen atoms in total. The molecule has 4 atom stereocenters. The van der Waals surface area contributed by atoms with E-state index in [1.54, 1.807) is 0 Å². The molecule has 2 saturated heterocycles. The second-order valence-electron chi connectivity index (χ2n) is 9.49. The Hall–Kier alpha value is -1.50. The maximum Gasteiger partial charge on any atom is 0.261 e. The first-order valence-electron chi connectivity index (χ1n) is 11.0. The molecule has 0 radical (unpaired) electrons. The van der Waals surface area contributed by atoms with E-state index in [0.717, 1.165) is 6.61 Å². The third-order valence-electron chi connectivity index (χ3n) is 6.41. The zero-order valence-electron chi connectivity index (χ0n) is 18.5. The van der Waals surface area contributed by atoms with Gasteiger partial charge in [-0.15, -0.1) is 0 Å². The Balaban J connectivity index is 1.51. The lowest BCUT2D eigenvalue weighted by Gasteiger charge is -2.43. The molecular weight excluding hydrogens is 392 g/mol. The number of hydrogen-bond acceptors (Lipinski definition) is 4. The van der Waals surface area contributed by atoms with Crippen LogP contribution in [0.4, 0.5) is 0 Å². The van der Waals surface area contributed by atoms with Crippen molar-refractivity contribution in [1.82, 2.24) is 0 Å². The van der Waals surface area contributed by atoms with E-state index in [4.69, 9.17) is 18.6 Å². The Labute approximate surface area is 181 Å². The van der Waals surface area contributed by atoms with E-state index in [0.29, 0.717) is 25.7 Å². The van der Waals surface area contributed by atoms with Crippen molar-refractivity contribution in [3.05, 3.63) is 60.7 Å². The quantitative estimate of drug-likeness (QED) is 0.502. The van der Waals surface area contributed by atoms with Crippen molar-refractivity contribution in [2.24, 2.45) is 5.92 Å². The lowest BCUT2D eigenvalue weighted by Crippen LogP contribution is -2.66. The summed E-state index contributed by atoms with van der Waals surface area (Å²) in [6.07, 6.45) is 0.239. The summed E-state index contributed by atoms with van der Waals surface area (Å²) < 4.78 is 24.9. The summed E-state index contributed by atoms with van der Waals surface area (Å²) >= 11 is 0. The fourth-order valence-corrected chi connectivity index (χ4v) is 9.50. The van der Waals surface area contributed by atoms with Crippen LogP contribution >= 0.6 is 0 Å². The second kappa shape index (κ2) is 8.93. The van der Waals surface area contributed by atoms with Crippen LogP contribution in [0.15, 0.2) is 60.7 Å². The molecule has 0 spiro atoms. The third kappa shape index (κ3) is 4.02. The van der Waals surface area contributed by atoms with Crippen LogP contribution in [0.5, 0.6) is 0 Å². The van der Waals surface area contributed by atoms with Gasteiger partial charge >= 0.3 is 0 Å². The topological polar surface area (TPSA) is 36.9 Å². The molecule has 2 heterocycles. The summed E-state index contributed by atoms with van der Waals surface area (Å²) in [5.41, 5.74) is 0. The minimum absolute atomic E-state index is 0.00250. The van der Waals surface area contributed by atoms with Gasteiger partial charge in [0.1, 0.15) is 12.2 Å². The van der Waals surface area contributed by atoms with Crippen LogP contribution in [0, 0.1) is 5.92 Å². The minimum Gasteiger partial charge on any atom is -0.405 e. The third-order valence-corrected chi connectivity index (χ3v) is 11.4. The molecule has 0 amide bonds. The van der Waals surface area contributed by atoms with E-state index in [1.807, 2.05) is 0 Å². The van der Waals surface area contributed by atoms with E-state index < -0.39 is 8.32 Å². The molecule has 5 heteroatoms. The molecule has 2 aromatic carbocycles. The summed E-state index contributed by atoms with van der Waals surface area (Å²) in [5, 5.41) is 2.56. The molecule has 0 unspecified atom stereocenters. The van der Waals surface area contributed by atoms with Gasteiger partial charge in [-0.25, -0.2) is 0 Å². The van der Waals surface area contributed by atoms with Gasteiger partial charge in [-0.3, -0.25) is 0 Å². The number of ether oxygens (including phenoxy) is 3. The first-order chi connectivity index (χ1) is 14.4. The van der Waals surface area contributed by atoms with E-state index in [1.165, 1.54) is 10.4 Å². The lowest BCUT2D eigenvalue weighted by atomic mass is 10.0. The van der Waals surface area contributed by atoms with Crippen LogP contribution in [0.3, 0.4) is 0 Å². The van der Waals surface area contributed by atoms with Crippen molar-refractivity contribution in [1.29, 1.82) is 0 Å². The Morgan fingerprint density at radius 1 is 0.833 bits per heavy atom. The Morgan fingerprint density at radius 3 is 1.97 bits per heavy atom. The summed E-state index contributed by atoms with van der Waals surface area (Å²) in [5.74, 6) is 0.442. The number of benzene rings is 2. The molecule has 0 aliphatic carbocycles. The van der Waals surface area contributed by atoms with E-state index in [9.17, 15) is 0 Å².